The normalized spacial score (nSPS) is 16.1. The molecule has 3 atom stereocenters. The molecule has 0 N–H and O–H groups in total. The Morgan fingerprint density at radius 2 is 0.900 bits per heavy atom. The van der Waals surface area contributed by atoms with E-state index in [0.717, 1.165) is 23.7 Å². The molecule has 0 nitrogen and oxygen atoms in total. The van der Waals surface area contributed by atoms with Gasteiger partial charge in [-0.15, -0.1) is 0 Å². The van der Waals surface area contributed by atoms with E-state index in [1.807, 2.05) is 0 Å². The molecule has 3 unspecified atom stereocenters. The fourth-order valence-corrected chi connectivity index (χ4v) is 7.55. The summed E-state index contributed by atoms with van der Waals surface area (Å²) in [6.45, 7) is 29.6. The molecule has 0 aliphatic carbocycles. The molecule has 0 heteroatoms. The Morgan fingerprint density at radius 1 is 0.425 bits per heavy atom. The van der Waals surface area contributed by atoms with Crippen LogP contribution in [0.1, 0.15) is 218 Å². The van der Waals surface area contributed by atoms with Crippen LogP contribution >= 0.6 is 0 Å². The summed E-state index contributed by atoms with van der Waals surface area (Å²) in [5.41, 5.74) is 1.66. The molecule has 40 heavy (non-hydrogen) atoms. The van der Waals surface area contributed by atoms with Crippen LogP contribution in [0.4, 0.5) is 0 Å². The zero-order valence-electron chi connectivity index (χ0n) is 30.7. The molecule has 242 valence electrons. The van der Waals surface area contributed by atoms with Crippen molar-refractivity contribution in [2.75, 3.05) is 0 Å². The molecule has 0 spiro atoms. The van der Waals surface area contributed by atoms with Gasteiger partial charge in [0, 0.05) is 0 Å². The average Bonchev–Trinajstić information content (AvgIpc) is 2.98. The van der Waals surface area contributed by atoms with Crippen molar-refractivity contribution in [1.82, 2.24) is 0 Å². The second-order valence-electron chi connectivity index (χ2n) is 15.6. The first kappa shape index (κ1) is 40.0. The monoisotopic (exact) mass is 563 g/mol. The van der Waals surface area contributed by atoms with Crippen LogP contribution in [0, 0.1) is 39.9 Å². The molecule has 0 aromatic heterocycles. The van der Waals surface area contributed by atoms with Crippen molar-refractivity contribution in [3.63, 3.8) is 0 Å². The summed E-state index contributed by atoms with van der Waals surface area (Å²) in [5.74, 6) is 3.68. The van der Waals surface area contributed by atoms with Gasteiger partial charge >= 0.3 is 0 Å². The zero-order chi connectivity index (χ0) is 30.7. The van der Waals surface area contributed by atoms with Gasteiger partial charge in [-0.25, -0.2) is 0 Å². The van der Waals surface area contributed by atoms with Crippen LogP contribution in [0.5, 0.6) is 0 Å². The quantitative estimate of drug-likeness (QED) is 0.0933. The Labute approximate surface area is 257 Å². The summed E-state index contributed by atoms with van der Waals surface area (Å²) >= 11 is 0. The third-order valence-electron chi connectivity index (χ3n) is 12.9. The minimum Gasteiger partial charge on any atom is -0.0654 e. The maximum absolute atomic E-state index is 2.61. The third-order valence-corrected chi connectivity index (χ3v) is 12.9. The van der Waals surface area contributed by atoms with Crippen LogP contribution in [0.15, 0.2) is 0 Å². The molecule has 0 aliphatic heterocycles. The fraction of sp³-hybridized carbons (Fsp3) is 1.00. The van der Waals surface area contributed by atoms with E-state index in [0.29, 0.717) is 16.2 Å². The molecular formula is C40H82. The average molecular weight is 563 g/mol. The minimum atomic E-state index is 0.534. The maximum atomic E-state index is 2.61. The van der Waals surface area contributed by atoms with E-state index in [2.05, 4.69) is 83.1 Å². The molecule has 0 aromatic rings. The van der Waals surface area contributed by atoms with Gasteiger partial charge in [-0.3, -0.25) is 0 Å². The number of hydrogen-bond acceptors (Lipinski definition) is 0. The fourth-order valence-electron chi connectivity index (χ4n) is 7.55. The predicted molar refractivity (Wildman–Crippen MR) is 186 cm³/mol. The van der Waals surface area contributed by atoms with E-state index in [-0.39, 0.29) is 0 Å². The standard InChI is InChI=1S/C40H82/c1-13-28-40(33-36(16-4)17-5,32-31-39(12,20-8)21-9)30-26-34(10)22-23-37(25-24-35(14-2)15-3)27-29-38(11,18-6)19-7/h34-37H,13-33H2,1-12H3. The first-order chi connectivity index (χ1) is 19.0. The minimum absolute atomic E-state index is 0.534. The van der Waals surface area contributed by atoms with Gasteiger partial charge in [-0.1, -0.05) is 173 Å². The van der Waals surface area contributed by atoms with Crippen LogP contribution < -0.4 is 0 Å². The van der Waals surface area contributed by atoms with Crippen molar-refractivity contribution in [2.45, 2.75) is 218 Å². The van der Waals surface area contributed by atoms with Crippen LogP contribution in [-0.4, -0.2) is 0 Å². The third kappa shape index (κ3) is 15.5. The molecule has 0 saturated carbocycles. The van der Waals surface area contributed by atoms with E-state index < -0.39 is 0 Å². The molecule has 0 radical (unpaired) electrons. The van der Waals surface area contributed by atoms with Gasteiger partial charge < -0.3 is 0 Å². The maximum Gasteiger partial charge on any atom is -0.0295 e. The van der Waals surface area contributed by atoms with Crippen molar-refractivity contribution < 1.29 is 0 Å². The lowest BCUT2D eigenvalue weighted by Crippen LogP contribution is -2.28. The van der Waals surface area contributed by atoms with Gasteiger partial charge in [0.25, 0.3) is 0 Å². The van der Waals surface area contributed by atoms with Gasteiger partial charge in [0.15, 0.2) is 0 Å². The molecule has 0 rings (SSSR count). The summed E-state index contributed by atoms with van der Waals surface area (Å²) in [5, 5.41) is 0. The molecule has 0 aliphatic rings. The highest BCUT2D eigenvalue weighted by atomic mass is 14.4. The molecule has 0 aromatic carbocycles. The second kappa shape index (κ2) is 21.7. The van der Waals surface area contributed by atoms with E-state index in [1.54, 1.807) is 0 Å². The second-order valence-corrected chi connectivity index (χ2v) is 15.6. The zero-order valence-corrected chi connectivity index (χ0v) is 30.7. The van der Waals surface area contributed by atoms with Crippen LogP contribution in [0.25, 0.3) is 0 Å². The number of rotatable bonds is 27. The Morgan fingerprint density at radius 3 is 1.38 bits per heavy atom. The Hall–Kier alpha value is 0. The van der Waals surface area contributed by atoms with Crippen LogP contribution in [0.2, 0.25) is 0 Å². The Bertz CT molecular complexity index is 559. The van der Waals surface area contributed by atoms with Gasteiger partial charge in [0.05, 0.1) is 0 Å². The highest BCUT2D eigenvalue weighted by Crippen LogP contribution is 2.47. The summed E-state index contributed by atoms with van der Waals surface area (Å²) in [4.78, 5) is 0. The van der Waals surface area contributed by atoms with E-state index >= 15 is 0 Å². The van der Waals surface area contributed by atoms with E-state index in [9.17, 15) is 0 Å². The molecule has 0 bridgehead atoms. The topological polar surface area (TPSA) is 0 Å². The number of hydrogen-bond donors (Lipinski definition) is 0. The Kier molecular flexibility index (Phi) is 21.7. The molecular weight excluding hydrogens is 480 g/mol. The summed E-state index contributed by atoms with van der Waals surface area (Å²) in [6, 6.07) is 0. The van der Waals surface area contributed by atoms with Crippen molar-refractivity contribution in [2.24, 2.45) is 39.9 Å². The van der Waals surface area contributed by atoms with Crippen molar-refractivity contribution in [3.05, 3.63) is 0 Å². The summed E-state index contributed by atoms with van der Waals surface area (Å²) in [6.07, 6.45) is 29.7. The van der Waals surface area contributed by atoms with Gasteiger partial charge in [0.2, 0.25) is 0 Å². The lowest BCUT2D eigenvalue weighted by molar-refractivity contribution is 0.110. The first-order valence-electron chi connectivity index (χ1n) is 19.0. The molecule has 0 fully saturated rings. The van der Waals surface area contributed by atoms with Gasteiger partial charge in [0.1, 0.15) is 0 Å². The summed E-state index contributed by atoms with van der Waals surface area (Å²) < 4.78 is 0. The highest BCUT2D eigenvalue weighted by Gasteiger charge is 2.34. The lowest BCUT2D eigenvalue weighted by Gasteiger charge is -2.41. The molecule has 0 heterocycles. The highest BCUT2D eigenvalue weighted by molar-refractivity contribution is 4.86. The van der Waals surface area contributed by atoms with Crippen molar-refractivity contribution in [3.8, 4) is 0 Å². The Balaban J connectivity index is 5.46. The smallest absolute Gasteiger partial charge is 0.0295 e. The van der Waals surface area contributed by atoms with Crippen LogP contribution in [-0.2, 0) is 0 Å². The molecule has 0 amide bonds. The van der Waals surface area contributed by atoms with Crippen molar-refractivity contribution >= 4 is 0 Å². The summed E-state index contributed by atoms with van der Waals surface area (Å²) in [7, 11) is 0. The van der Waals surface area contributed by atoms with E-state index in [1.165, 1.54) is 135 Å². The molecule has 0 saturated heterocycles. The SMILES string of the molecule is CCCC(CCC(C)CCC(CCC(CC)CC)CCC(C)(CC)CC)(CCC(C)(CC)CC)CC(CC)CC. The van der Waals surface area contributed by atoms with Gasteiger partial charge in [-0.2, -0.15) is 0 Å². The largest absolute Gasteiger partial charge is 0.0654 e. The van der Waals surface area contributed by atoms with Crippen molar-refractivity contribution in [1.29, 1.82) is 0 Å². The van der Waals surface area contributed by atoms with Gasteiger partial charge in [-0.05, 0) is 84.9 Å². The predicted octanol–water partition coefficient (Wildman–Crippen LogP) is 14.8. The van der Waals surface area contributed by atoms with E-state index in [4.69, 9.17) is 0 Å². The first-order valence-corrected chi connectivity index (χ1v) is 19.0. The lowest BCUT2D eigenvalue weighted by atomic mass is 9.65. The van der Waals surface area contributed by atoms with Crippen LogP contribution in [0.3, 0.4) is 0 Å².